The molecule has 0 amide bonds. The second-order valence-corrected chi connectivity index (χ2v) is 5.12. The number of unbranched alkanes of at least 4 members (excludes halogenated alkanes) is 1. The van der Waals surface area contributed by atoms with Crippen LogP contribution < -0.4 is 5.32 Å². The van der Waals surface area contributed by atoms with Crippen LogP contribution in [-0.2, 0) is 18.9 Å². The van der Waals surface area contributed by atoms with Crippen molar-refractivity contribution in [1.82, 2.24) is 5.32 Å². The molecule has 0 aromatic rings. The Hall–Kier alpha value is -0.200. The van der Waals surface area contributed by atoms with E-state index in [2.05, 4.69) is 12.2 Å². The number of hydrogen-bond acceptors (Lipinski definition) is 5. The molecular weight excluding hydrogens is 258 g/mol. The fourth-order valence-corrected chi connectivity index (χ4v) is 1.98. The van der Waals surface area contributed by atoms with Crippen molar-refractivity contribution in [1.29, 1.82) is 0 Å². The van der Waals surface area contributed by atoms with Crippen molar-refractivity contribution >= 4 is 0 Å². The van der Waals surface area contributed by atoms with Crippen molar-refractivity contribution < 1.29 is 18.9 Å². The molecule has 0 bridgehead atoms. The van der Waals surface area contributed by atoms with Crippen LogP contribution >= 0.6 is 0 Å². The van der Waals surface area contributed by atoms with Gasteiger partial charge in [-0.15, -0.1) is 0 Å². The van der Waals surface area contributed by atoms with Gasteiger partial charge in [-0.2, -0.15) is 0 Å². The van der Waals surface area contributed by atoms with Crippen molar-refractivity contribution in [3.8, 4) is 0 Å². The molecule has 1 heterocycles. The van der Waals surface area contributed by atoms with Crippen LogP contribution in [0.2, 0.25) is 0 Å². The summed E-state index contributed by atoms with van der Waals surface area (Å²) in [6.45, 7) is 10.1. The van der Waals surface area contributed by atoms with Crippen molar-refractivity contribution in [2.45, 2.75) is 26.2 Å². The van der Waals surface area contributed by atoms with E-state index in [1.54, 1.807) is 0 Å². The summed E-state index contributed by atoms with van der Waals surface area (Å²) in [5.74, 6) is 0.686. The SMILES string of the molecule is CCCCOCCOCCOCCNCC1CCOC1. The van der Waals surface area contributed by atoms with Gasteiger partial charge in [0.1, 0.15) is 0 Å². The normalized spacial score (nSPS) is 18.8. The van der Waals surface area contributed by atoms with E-state index in [0.29, 0.717) is 32.3 Å². The Labute approximate surface area is 123 Å². The van der Waals surface area contributed by atoms with Crippen LogP contribution in [0.4, 0.5) is 0 Å². The molecule has 1 saturated heterocycles. The topological polar surface area (TPSA) is 49.0 Å². The third-order valence-corrected chi connectivity index (χ3v) is 3.27. The van der Waals surface area contributed by atoms with Gasteiger partial charge in [-0.05, 0) is 18.8 Å². The van der Waals surface area contributed by atoms with Gasteiger partial charge in [-0.25, -0.2) is 0 Å². The van der Waals surface area contributed by atoms with E-state index >= 15 is 0 Å². The number of nitrogens with one attached hydrogen (secondary N) is 1. The molecule has 0 radical (unpaired) electrons. The Bertz CT molecular complexity index is 198. The Balaban J connectivity index is 1.66. The fourth-order valence-electron chi connectivity index (χ4n) is 1.98. The minimum atomic E-state index is 0.646. The van der Waals surface area contributed by atoms with Gasteiger partial charge in [-0.3, -0.25) is 0 Å². The zero-order valence-electron chi connectivity index (χ0n) is 12.9. The van der Waals surface area contributed by atoms with E-state index in [0.717, 1.165) is 45.9 Å². The van der Waals surface area contributed by atoms with Crippen LogP contribution in [0.5, 0.6) is 0 Å². The highest BCUT2D eigenvalue weighted by Crippen LogP contribution is 2.10. The lowest BCUT2D eigenvalue weighted by Crippen LogP contribution is -2.27. The highest BCUT2D eigenvalue weighted by Gasteiger charge is 2.14. The average Bonchev–Trinajstić information content (AvgIpc) is 2.97. The summed E-state index contributed by atoms with van der Waals surface area (Å²) in [6.07, 6.45) is 3.49. The quantitative estimate of drug-likeness (QED) is 0.491. The first-order chi connectivity index (χ1) is 9.93. The molecule has 0 saturated carbocycles. The van der Waals surface area contributed by atoms with E-state index in [1.165, 1.54) is 12.8 Å². The highest BCUT2D eigenvalue weighted by molar-refractivity contribution is 4.66. The van der Waals surface area contributed by atoms with Crippen LogP contribution in [0.3, 0.4) is 0 Å². The summed E-state index contributed by atoms with van der Waals surface area (Å²) in [5, 5.41) is 3.39. The van der Waals surface area contributed by atoms with Crippen molar-refractivity contribution in [2.24, 2.45) is 5.92 Å². The molecule has 120 valence electrons. The van der Waals surface area contributed by atoms with Crippen LogP contribution in [0.1, 0.15) is 26.2 Å². The number of hydrogen-bond donors (Lipinski definition) is 1. The summed E-state index contributed by atoms with van der Waals surface area (Å²) < 4.78 is 21.6. The second kappa shape index (κ2) is 13.8. The zero-order chi connectivity index (χ0) is 14.3. The van der Waals surface area contributed by atoms with E-state index in [1.807, 2.05) is 0 Å². The molecular formula is C15H31NO4. The molecule has 5 heteroatoms. The zero-order valence-corrected chi connectivity index (χ0v) is 12.9. The van der Waals surface area contributed by atoms with Crippen LogP contribution in [-0.4, -0.2) is 65.9 Å². The van der Waals surface area contributed by atoms with Crippen molar-refractivity contribution in [3.63, 3.8) is 0 Å². The Morgan fingerprint density at radius 2 is 1.70 bits per heavy atom. The van der Waals surface area contributed by atoms with Crippen LogP contribution in [0.15, 0.2) is 0 Å². The highest BCUT2D eigenvalue weighted by atomic mass is 16.5. The molecule has 0 aliphatic carbocycles. The molecule has 0 spiro atoms. The molecule has 1 aliphatic rings. The predicted octanol–water partition coefficient (Wildman–Crippen LogP) is 1.46. The number of ether oxygens (including phenoxy) is 4. The fraction of sp³-hybridized carbons (Fsp3) is 1.00. The first kappa shape index (κ1) is 17.9. The monoisotopic (exact) mass is 289 g/mol. The first-order valence-corrected chi connectivity index (χ1v) is 7.95. The second-order valence-electron chi connectivity index (χ2n) is 5.12. The average molecular weight is 289 g/mol. The smallest absolute Gasteiger partial charge is 0.0701 e. The first-order valence-electron chi connectivity index (χ1n) is 7.95. The van der Waals surface area contributed by atoms with Gasteiger partial charge in [0.05, 0.1) is 39.6 Å². The standard InChI is InChI=1S/C15H31NO4/c1-2-3-6-17-9-11-19-12-10-18-8-5-16-13-15-4-7-20-14-15/h15-16H,2-14H2,1H3. The summed E-state index contributed by atoms with van der Waals surface area (Å²) >= 11 is 0. The van der Waals surface area contributed by atoms with Crippen molar-refractivity contribution in [3.05, 3.63) is 0 Å². The lowest BCUT2D eigenvalue weighted by Gasteiger charge is -2.10. The Kier molecular flexibility index (Phi) is 12.3. The third kappa shape index (κ3) is 10.6. The lowest BCUT2D eigenvalue weighted by atomic mass is 10.1. The third-order valence-electron chi connectivity index (χ3n) is 3.27. The summed E-state index contributed by atoms with van der Waals surface area (Å²) in [6, 6.07) is 0. The molecule has 1 fully saturated rings. The Morgan fingerprint density at radius 3 is 2.35 bits per heavy atom. The number of rotatable bonds is 14. The molecule has 1 aliphatic heterocycles. The van der Waals surface area contributed by atoms with Gasteiger partial charge in [0, 0.05) is 26.3 Å². The largest absolute Gasteiger partial charge is 0.381 e. The molecule has 1 N–H and O–H groups in total. The summed E-state index contributed by atoms with van der Waals surface area (Å²) in [7, 11) is 0. The van der Waals surface area contributed by atoms with Crippen LogP contribution in [0, 0.1) is 5.92 Å². The summed E-state index contributed by atoms with van der Waals surface area (Å²) in [4.78, 5) is 0. The molecule has 0 aromatic heterocycles. The maximum absolute atomic E-state index is 5.48. The Morgan fingerprint density at radius 1 is 1.00 bits per heavy atom. The van der Waals surface area contributed by atoms with Gasteiger partial charge in [0.15, 0.2) is 0 Å². The predicted molar refractivity (Wildman–Crippen MR) is 79.2 cm³/mol. The summed E-state index contributed by atoms with van der Waals surface area (Å²) in [5.41, 5.74) is 0. The van der Waals surface area contributed by atoms with E-state index in [4.69, 9.17) is 18.9 Å². The van der Waals surface area contributed by atoms with E-state index < -0.39 is 0 Å². The molecule has 1 rings (SSSR count). The molecule has 1 unspecified atom stereocenters. The van der Waals surface area contributed by atoms with Gasteiger partial charge in [-0.1, -0.05) is 13.3 Å². The van der Waals surface area contributed by atoms with Gasteiger partial charge in [0.25, 0.3) is 0 Å². The lowest BCUT2D eigenvalue weighted by molar-refractivity contribution is 0.0146. The van der Waals surface area contributed by atoms with E-state index in [9.17, 15) is 0 Å². The molecule has 1 atom stereocenters. The van der Waals surface area contributed by atoms with Gasteiger partial charge in [0.2, 0.25) is 0 Å². The molecule has 5 nitrogen and oxygen atoms in total. The maximum Gasteiger partial charge on any atom is 0.0701 e. The van der Waals surface area contributed by atoms with E-state index in [-0.39, 0.29) is 0 Å². The minimum Gasteiger partial charge on any atom is -0.381 e. The molecule has 0 aromatic carbocycles. The maximum atomic E-state index is 5.48. The molecule has 20 heavy (non-hydrogen) atoms. The van der Waals surface area contributed by atoms with Crippen molar-refractivity contribution in [2.75, 3.05) is 65.9 Å². The van der Waals surface area contributed by atoms with Crippen LogP contribution in [0.25, 0.3) is 0 Å². The minimum absolute atomic E-state index is 0.646. The van der Waals surface area contributed by atoms with Gasteiger partial charge < -0.3 is 24.3 Å². The van der Waals surface area contributed by atoms with Gasteiger partial charge >= 0.3 is 0 Å².